The van der Waals surface area contributed by atoms with Crippen molar-refractivity contribution in [2.24, 2.45) is 16.8 Å². The van der Waals surface area contributed by atoms with Crippen LogP contribution in [0, 0.1) is 11.8 Å². The third-order valence-corrected chi connectivity index (χ3v) is 5.60. The van der Waals surface area contributed by atoms with E-state index in [-0.39, 0.29) is 24.0 Å². The van der Waals surface area contributed by atoms with Crippen molar-refractivity contribution in [3.05, 3.63) is 0 Å². The number of carbonyl (C=O) groups excluding carboxylic acids is 1. The lowest BCUT2D eigenvalue weighted by Crippen LogP contribution is -2.51. The number of hydrogen-bond acceptors (Lipinski definition) is 3. The average Bonchev–Trinajstić information content (AvgIpc) is 3.21. The second-order valence-electron chi connectivity index (χ2n) is 7.52. The molecule has 1 saturated heterocycles. The lowest BCUT2D eigenvalue weighted by Gasteiger charge is -2.38. The first-order valence-electron chi connectivity index (χ1n) is 9.73. The Bertz CT molecular complexity index is 460. The molecule has 1 aliphatic heterocycles. The summed E-state index contributed by atoms with van der Waals surface area (Å²) in [4.78, 5) is 21.5. The van der Waals surface area contributed by atoms with E-state index in [0.717, 1.165) is 70.5 Å². The van der Waals surface area contributed by atoms with Gasteiger partial charge in [-0.2, -0.15) is 0 Å². The zero-order valence-corrected chi connectivity index (χ0v) is 18.0. The van der Waals surface area contributed by atoms with E-state index in [1.165, 1.54) is 12.8 Å². The monoisotopic (exact) mass is 463 g/mol. The Morgan fingerprint density at radius 1 is 1.20 bits per heavy atom. The Morgan fingerprint density at radius 3 is 2.40 bits per heavy atom. The van der Waals surface area contributed by atoms with Crippen LogP contribution in [0.2, 0.25) is 0 Å². The van der Waals surface area contributed by atoms with Crippen molar-refractivity contribution in [2.75, 3.05) is 45.8 Å². The molecule has 0 aromatic carbocycles. The zero-order valence-electron chi connectivity index (χ0n) is 15.7. The number of piperazine rings is 1. The van der Waals surface area contributed by atoms with Gasteiger partial charge >= 0.3 is 0 Å². The van der Waals surface area contributed by atoms with Gasteiger partial charge in [0.2, 0.25) is 5.91 Å². The molecule has 0 radical (unpaired) electrons. The van der Waals surface area contributed by atoms with Gasteiger partial charge in [-0.25, -0.2) is 0 Å². The summed E-state index contributed by atoms with van der Waals surface area (Å²) in [5, 5.41) is 6.82. The Kier molecular flexibility index (Phi) is 8.25. The minimum absolute atomic E-state index is 0. The van der Waals surface area contributed by atoms with E-state index in [1.54, 1.807) is 0 Å². The van der Waals surface area contributed by atoms with Crippen LogP contribution in [-0.4, -0.2) is 73.5 Å². The topological polar surface area (TPSA) is 60.0 Å². The summed E-state index contributed by atoms with van der Waals surface area (Å²) in [6.45, 7) is 10.8. The second-order valence-corrected chi connectivity index (χ2v) is 7.52. The molecule has 2 N–H and O–H groups in total. The largest absolute Gasteiger partial charge is 0.357 e. The fourth-order valence-electron chi connectivity index (χ4n) is 3.43. The first-order valence-corrected chi connectivity index (χ1v) is 9.73. The van der Waals surface area contributed by atoms with Crippen LogP contribution < -0.4 is 10.6 Å². The molecule has 3 fully saturated rings. The van der Waals surface area contributed by atoms with Crippen LogP contribution in [0.4, 0.5) is 0 Å². The van der Waals surface area contributed by atoms with Crippen LogP contribution >= 0.6 is 24.0 Å². The van der Waals surface area contributed by atoms with Crippen molar-refractivity contribution in [3.8, 4) is 0 Å². The van der Waals surface area contributed by atoms with Crippen molar-refractivity contribution < 1.29 is 4.79 Å². The molecule has 2 unspecified atom stereocenters. The smallest absolute Gasteiger partial charge is 0.225 e. The normalized spacial score (nSPS) is 27.3. The molecule has 1 heterocycles. The van der Waals surface area contributed by atoms with Gasteiger partial charge in [0.15, 0.2) is 5.96 Å². The van der Waals surface area contributed by atoms with E-state index in [9.17, 15) is 4.79 Å². The summed E-state index contributed by atoms with van der Waals surface area (Å²) in [5.41, 5.74) is 0. The minimum atomic E-state index is 0. The first kappa shape index (κ1) is 20.7. The van der Waals surface area contributed by atoms with Gasteiger partial charge in [0.25, 0.3) is 0 Å². The molecule has 2 saturated carbocycles. The van der Waals surface area contributed by atoms with Crippen molar-refractivity contribution in [1.82, 2.24) is 20.4 Å². The molecule has 2 aliphatic carbocycles. The quantitative estimate of drug-likeness (QED) is 0.356. The van der Waals surface area contributed by atoms with Crippen molar-refractivity contribution in [1.29, 1.82) is 0 Å². The summed E-state index contributed by atoms with van der Waals surface area (Å²) in [6.07, 6.45) is 4.69. The molecular formula is C18H34IN5O. The first-order chi connectivity index (χ1) is 11.7. The summed E-state index contributed by atoms with van der Waals surface area (Å²) in [6, 6.07) is 0.601. The zero-order chi connectivity index (χ0) is 16.9. The number of nitrogens with one attached hydrogen (secondary N) is 2. The number of hydrogen-bond donors (Lipinski definition) is 2. The van der Waals surface area contributed by atoms with Crippen molar-refractivity contribution in [2.45, 2.75) is 45.6 Å². The van der Waals surface area contributed by atoms with E-state index in [1.807, 2.05) is 0 Å². The lowest BCUT2D eigenvalue weighted by molar-refractivity contribution is -0.139. The maximum absolute atomic E-state index is 12.3. The molecule has 6 nitrogen and oxygen atoms in total. The number of rotatable bonds is 6. The lowest BCUT2D eigenvalue weighted by atomic mass is 9.84. The number of carbonyl (C=O) groups is 1. The molecular weight excluding hydrogens is 429 g/mol. The Hall–Kier alpha value is -0.570. The number of halogens is 1. The number of aliphatic imine (C=N–C) groups is 1. The van der Waals surface area contributed by atoms with Gasteiger partial charge in [0, 0.05) is 51.2 Å². The van der Waals surface area contributed by atoms with Crippen LogP contribution in [0.25, 0.3) is 0 Å². The highest BCUT2D eigenvalue weighted by Gasteiger charge is 2.33. The van der Waals surface area contributed by atoms with E-state index in [2.05, 4.69) is 34.3 Å². The van der Waals surface area contributed by atoms with Gasteiger partial charge in [-0.1, -0.05) is 13.3 Å². The van der Waals surface area contributed by atoms with Crippen LogP contribution in [0.1, 0.15) is 39.5 Å². The van der Waals surface area contributed by atoms with Gasteiger partial charge in [0.1, 0.15) is 0 Å². The van der Waals surface area contributed by atoms with E-state index in [4.69, 9.17) is 4.99 Å². The fourth-order valence-corrected chi connectivity index (χ4v) is 3.43. The van der Waals surface area contributed by atoms with Crippen LogP contribution in [0.5, 0.6) is 0 Å². The third-order valence-electron chi connectivity index (χ3n) is 5.60. The molecule has 3 aliphatic rings. The minimum Gasteiger partial charge on any atom is -0.357 e. The van der Waals surface area contributed by atoms with Crippen LogP contribution in [0.15, 0.2) is 4.99 Å². The summed E-state index contributed by atoms with van der Waals surface area (Å²) in [7, 11) is 0. The summed E-state index contributed by atoms with van der Waals surface area (Å²) in [5.74, 6) is 2.46. The molecule has 0 aromatic rings. The fraction of sp³-hybridized carbons (Fsp3) is 0.889. The van der Waals surface area contributed by atoms with Gasteiger partial charge in [-0.15, -0.1) is 24.0 Å². The number of amides is 1. The highest BCUT2D eigenvalue weighted by Crippen LogP contribution is 2.29. The SMILES string of the molecule is CCNC(=NCCN1CCN(C(=O)C2CCC2)CC1)NC1CC1C.I. The van der Waals surface area contributed by atoms with Gasteiger partial charge in [0.05, 0.1) is 6.54 Å². The standard InChI is InChI=1S/C18H33N5O.HI/c1-3-19-18(21-16-13-14(16)2)20-7-8-22-9-11-23(12-10-22)17(24)15-5-4-6-15;/h14-16H,3-13H2,1-2H3,(H2,19,20,21);1H. The molecule has 2 atom stereocenters. The van der Waals surface area contributed by atoms with Crippen molar-refractivity contribution in [3.63, 3.8) is 0 Å². The Balaban J connectivity index is 0.00000225. The number of nitrogens with zero attached hydrogens (tertiary/aromatic N) is 3. The molecule has 25 heavy (non-hydrogen) atoms. The van der Waals surface area contributed by atoms with E-state index < -0.39 is 0 Å². The molecule has 0 aromatic heterocycles. The van der Waals surface area contributed by atoms with Crippen molar-refractivity contribution >= 4 is 35.8 Å². The molecule has 1 amide bonds. The third kappa shape index (κ3) is 5.98. The predicted molar refractivity (Wildman–Crippen MR) is 112 cm³/mol. The maximum Gasteiger partial charge on any atom is 0.225 e. The number of guanidine groups is 1. The van der Waals surface area contributed by atoms with Gasteiger partial charge in [-0.3, -0.25) is 14.7 Å². The predicted octanol–water partition coefficient (Wildman–Crippen LogP) is 1.51. The Labute approximate surface area is 169 Å². The van der Waals surface area contributed by atoms with Crippen LogP contribution in [-0.2, 0) is 4.79 Å². The molecule has 3 rings (SSSR count). The van der Waals surface area contributed by atoms with E-state index in [0.29, 0.717) is 17.9 Å². The molecule has 0 spiro atoms. The van der Waals surface area contributed by atoms with Crippen LogP contribution in [0.3, 0.4) is 0 Å². The second kappa shape index (κ2) is 9.94. The van der Waals surface area contributed by atoms with E-state index >= 15 is 0 Å². The molecule has 7 heteroatoms. The highest BCUT2D eigenvalue weighted by atomic mass is 127. The summed E-state index contributed by atoms with van der Waals surface area (Å²) >= 11 is 0. The molecule has 0 bridgehead atoms. The maximum atomic E-state index is 12.3. The molecule has 144 valence electrons. The Morgan fingerprint density at radius 2 is 1.88 bits per heavy atom. The van der Waals surface area contributed by atoms with Gasteiger partial charge < -0.3 is 15.5 Å². The highest BCUT2D eigenvalue weighted by molar-refractivity contribution is 14.0. The van der Waals surface area contributed by atoms with Gasteiger partial charge in [-0.05, 0) is 32.1 Å². The average molecular weight is 463 g/mol. The summed E-state index contributed by atoms with van der Waals surface area (Å²) < 4.78 is 0.